The molecule has 0 spiro atoms. The average Bonchev–Trinajstić information content (AvgIpc) is 3.43. The van der Waals surface area contributed by atoms with Gasteiger partial charge in [-0.15, -0.1) is 0 Å². The topological polar surface area (TPSA) is 104 Å². The van der Waals surface area contributed by atoms with Gasteiger partial charge in [0.2, 0.25) is 11.7 Å². The van der Waals surface area contributed by atoms with Crippen LogP contribution in [0.1, 0.15) is 17.0 Å². The number of carbonyl (C=O) groups excluding carboxylic acids is 2. The molecule has 0 unspecified atom stereocenters. The highest BCUT2D eigenvalue weighted by atomic mass is 35.5. The van der Waals surface area contributed by atoms with Gasteiger partial charge in [0.25, 0.3) is 11.8 Å². The molecule has 0 bridgehead atoms. The van der Waals surface area contributed by atoms with E-state index >= 15 is 0 Å². The fraction of sp³-hybridized carbons (Fsp3) is 0.238. The van der Waals surface area contributed by atoms with Crippen LogP contribution < -0.4 is 4.90 Å². The number of hydrogen-bond acceptors (Lipinski definition) is 8. The quantitative estimate of drug-likeness (QED) is 0.580. The molecule has 2 aliphatic heterocycles. The number of imide groups is 1. The molecule has 3 heterocycles. The summed E-state index contributed by atoms with van der Waals surface area (Å²) >= 11 is 6.19. The predicted octanol–water partition coefficient (Wildman–Crippen LogP) is 3.50. The number of hydrogen-bond donors (Lipinski definition) is 0. The molecule has 1 fully saturated rings. The van der Waals surface area contributed by atoms with Gasteiger partial charge in [-0.05, 0) is 49.2 Å². The number of aromatic nitrogens is 2. The second-order valence-corrected chi connectivity index (χ2v) is 7.87. The third-order valence-corrected chi connectivity index (χ3v) is 5.82. The Balaban J connectivity index is 1.38. The third-order valence-electron chi connectivity index (χ3n) is 5.49. The Labute approximate surface area is 182 Å². The summed E-state index contributed by atoms with van der Waals surface area (Å²) < 4.78 is 5.31. The fourth-order valence-corrected chi connectivity index (χ4v) is 3.90. The summed E-state index contributed by atoms with van der Waals surface area (Å²) in [5, 5.41) is 13.9. The zero-order chi connectivity index (χ0) is 21.7. The molecule has 0 radical (unpaired) electrons. The number of amides is 2. The van der Waals surface area contributed by atoms with Gasteiger partial charge in [-0.3, -0.25) is 14.6 Å². The van der Waals surface area contributed by atoms with Crippen LogP contribution in [0, 0.1) is 13.8 Å². The smallest absolute Gasteiger partial charge is 0.263 e. The lowest BCUT2D eigenvalue weighted by Gasteiger charge is -2.19. The summed E-state index contributed by atoms with van der Waals surface area (Å²) in [5.74, 6) is -0.209. The number of nitrogens with zero attached hydrogens (tertiary/aromatic N) is 6. The monoisotopic (exact) mass is 436 g/mol. The second kappa shape index (κ2) is 7.28. The van der Waals surface area contributed by atoms with E-state index in [-0.39, 0.29) is 18.3 Å². The highest BCUT2D eigenvalue weighted by molar-refractivity contribution is 6.33. The van der Waals surface area contributed by atoms with Gasteiger partial charge in [-0.1, -0.05) is 40.2 Å². The van der Waals surface area contributed by atoms with Gasteiger partial charge >= 0.3 is 0 Å². The van der Waals surface area contributed by atoms with Crippen LogP contribution in [0.15, 0.2) is 57.3 Å². The molecule has 3 aromatic rings. The van der Waals surface area contributed by atoms with Crippen molar-refractivity contribution in [3.63, 3.8) is 0 Å². The number of benzene rings is 2. The Morgan fingerprint density at radius 2 is 1.87 bits per heavy atom. The van der Waals surface area contributed by atoms with Gasteiger partial charge < -0.3 is 4.52 Å². The van der Waals surface area contributed by atoms with Crippen LogP contribution in [0.3, 0.4) is 0 Å². The Hall–Kier alpha value is -3.59. The predicted molar refractivity (Wildman–Crippen MR) is 111 cm³/mol. The third kappa shape index (κ3) is 3.17. The van der Waals surface area contributed by atoms with Gasteiger partial charge in [-0.2, -0.15) is 10.1 Å². The van der Waals surface area contributed by atoms with Crippen molar-refractivity contribution in [1.82, 2.24) is 15.1 Å². The van der Waals surface area contributed by atoms with Crippen LogP contribution in [0.5, 0.6) is 0 Å². The minimum Gasteiger partial charge on any atom is -0.337 e. The van der Waals surface area contributed by atoms with Crippen molar-refractivity contribution in [2.45, 2.75) is 32.5 Å². The first-order valence-electron chi connectivity index (χ1n) is 9.64. The van der Waals surface area contributed by atoms with Crippen LogP contribution in [0.4, 0.5) is 5.69 Å². The molecule has 2 aliphatic rings. The SMILES string of the molecule is Cc1ccc(N2C(=O)[C@@H]3N=NN(Cc4nc(-c5ccccc5Cl)no4)[C@H]3C2=O)cc1C. The van der Waals surface area contributed by atoms with Crippen molar-refractivity contribution in [2.75, 3.05) is 4.90 Å². The van der Waals surface area contributed by atoms with Gasteiger partial charge in [0, 0.05) is 5.56 Å². The highest BCUT2D eigenvalue weighted by Crippen LogP contribution is 2.33. The van der Waals surface area contributed by atoms with E-state index in [4.69, 9.17) is 16.1 Å². The number of fused-ring (bicyclic) bond motifs is 1. The normalized spacial score (nSPS) is 20.1. The number of aryl methyl sites for hydroxylation is 2. The molecule has 0 saturated carbocycles. The first-order chi connectivity index (χ1) is 14.9. The first-order valence-corrected chi connectivity index (χ1v) is 10.0. The van der Waals surface area contributed by atoms with E-state index in [0.717, 1.165) is 11.1 Å². The number of anilines is 1. The molecule has 2 aromatic carbocycles. The summed E-state index contributed by atoms with van der Waals surface area (Å²) in [6, 6.07) is 10.9. The van der Waals surface area contributed by atoms with Crippen molar-refractivity contribution in [1.29, 1.82) is 0 Å². The molecule has 1 aromatic heterocycles. The van der Waals surface area contributed by atoms with Crippen molar-refractivity contribution >= 4 is 29.1 Å². The molecular formula is C21H17ClN6O3. The van der Waals surface area contributed by atoms with Gasteiger partial charge in [0.15, 0.2) is 12.1 Å². The molecule has 5 rings (SSSR count). The second-order valence-electron chi connectivity index (χ2n) is 7.46. The Morgan fingerprint density at radius 1 is 1.06 bits per heavy atom. The molecule has 31 heavy (non-hydrogen) atoms. The molecule has 0 aliphatic carbocycles. The number of carbonyl (C=O) groups is 2. The maximum atomic E-state index is 13.1. The minimum absolute atomic E-state index is 0.0436. The molecular weight excluding hydrogens is 420 g/mol. The largest absolute Gasteiger partial charge is 0.337 e. The Bertz CT molecular complexity index is 1240. The molecule has 9 nitrogen and oxygen atoms in total. The van der Waals surface area contributed by atoms with Crippen molar-refractivity contribution in [2.24, 2.45) is 10.3 Å². The van der Waals surface area contributed by atoms with Crippen LogP contribution in [-0.2, 0) is 16.1 Å². The van der Waals surface area contributed by atoms with Crippen LogP contribution in [-0.4, -0.2) is 39.0 Å². The van der Waals surface area contributed by atoms with Gasteiger partial charge in [-0.25, -0.2) is 4.90 Å². The summed E-state index contributed by atoms with van der Waals surface area (Å²) in [6.07, 6.45) is 0. The van der Waals surface area contributed by atoms with Crippen molar-refractivity contribution in [3.8, 4) is 11.4 Å². The summed E-state index contributed by atoms with van der Waals surface area (Å²) in [6.45, 7) is 3.95. The van der Waals surface area contributed by atoms with E-state index in [1.165, 1.54) is 9.91 Å². The summed E-state index contributed by atoms with van der Waals surface area (Å²) in [4.78, 5) is 31.5. The molecule has 1 saturated heterocycles. The van der Waals surface area contributed by atoms with E-state index in [2.05, 4.69) is 20.5 Å². The van der Waals surface area contributed by atoms with E-state index < -0.39 is 18.0 Å². The zero-order valence-corrected chi connectivity index (χ0v) is 17.4. The summed E-state index contributed by atoms with van der Waals surface area (Å²) in [7, 11) is 0. The van der Waals surface area contributed by atoms with Crippen molar-refractivity contribution in [3.05, 3.63) is 64.5 Å². The molecule has 0 N–H and O–H groups in total. The lowest BCUT2D eigenvalue weighted by Crippen LogP contribution is -2.39. The lowest BCUT2D eigenvalue weighted by molar-refractivity contribution is -0.123. The van der Waals surface area contributed by atoms with E-state index in [0.29, 0.717) is 22.1 Å². The molecule has 156 valence electrons. The minimum atomic E-state index is -0.889. The maximum absolute atomic E-state index is 13.1. The average molecular weight is 437 g/mol. The molecule has 2 atom stereocenters. The maximum Gasteiger partial charge on any atom is 0.263 e. The zero-order valence-electron chi connectivity index (χ0n) is 16.7. The Morgan fingerprint density at radius 3 is 2.65 bits per heavy atom. The van der Waals surface area contributed by atoms with Crippen LogP contribution >= 0.6 is 11.6 Å². The summed E-state index contributed by atoms with van der Waals surface area (Å²) in [5.41, 5.74) is 3.23. The number of rotatable bonds is 4. The van der Waals surface area contributed by atoms with Gasteiger partial charge in [0.05, 0.1) is 10.7 Å². The Kier molecular flexibility index (Phi) is 4.55. The van der Waals surface area contributed by atoms with Crippen molar-refractivity contribution < 1.29 is 14.1 Å². The highest BCUT2D eigenvalue weighted by Gasteiger charge is 2.55. The lowest BCUT2D eigenvalue weighted by atomic mass is 10.1. The van der Waals surface area contributed by atoms with E-state index in [9.17, 15) is 9.59 Å². The number of halogens is 1. The van der Waals surface area contributed by atoms with Crippen LogP contribution in [0.25, 0.3) is 11.4 Å². The molecule has 10 heteroatoms. The fourth-order valence-electron chi connectivity index (χ4n) is 3.68. The van der Waals surface area contributed by atoms with E-state index in [1.54, 1.807) is 18.2 Å². The van der Waals surface area contributed by atoms with Crippen LogP contribution in [0.2, 0.25) is 5.02 Å². The van der Waals surface area contributed by atoms with E-state index in [1.807, 2.05) is 38.1 Å². The molecule has 2 amide bonds. The van der Waals surface area contributed by atoms with Gasteiger partial charge in [0.1, 0.15) is 6.54 Å². The first kappa shape index (κ1) is 19.4. The standard InChI is InChI=1S/C21H17ClN6O3/c1-11-7-8-13(9-12(11)2)28-20(29)17-18(21(28)30)27(26-24-17)10-16-23-19(25-31-16)14-5-3-4-6-15(14)22/h3-9,17-18H,10H2,1-2H3/t17-,18-/m1/s1.